The maximum atomic E-state index is 14.9. The van der Waals surface area contributed by atoms with Gasteiger partial charge in [0.2, 0.25) is 70.9 Å². The van der Waals surface area contributed by atoms with Crippen LogP contribution in [0.5, 0.6) is 0 Å². The van der Waals surface area contributed by atoms with E-state index in [0.29, 0.717) is 49.9 Å². The molecule has 3 heterocycles. The second-order valence-corrected chi connectivity index (χ2v) is 26.8. The predicted octanol–water partition coefficient (Wildman–Crippen LogP) is 1.92. The zero-order valence-electron chi connectivity index (χ0n) is 56.9. The monoisotopic (exact) mass is 1300 g/mol. The Hall–Kier alpha value is -7.96. The summed E-state index contributed by atoms with van der Waals surface area (Å²) in [7, 11) is 5.60. The number of likely N-dealkylation sites (tertiary alicyclic amines) is 1. The normalized spacial score (nSPS) is 25.9. The number of amides is 12. The molecule has 12 amide bonds. The van der Waals surface area contributed by atoms with Crippen molar-refractivity contribution >= 4 is 70.9 Å². The molecule has 3 aliphatic rings. The molecule has 0 unspecified atom stereocenters. The van der Waals surface area contributed by atoms with Gasteiger partial charge in [-0.1, -0.05) is 122 Å². The molecule has 3 aliphatic heterocycles. The highest BCUT2D eigenvalue weighted by molar-refractivity contribution is 6.00. The molecule has 0 radical (unpaired) electrons. The molecule has 25 heteroatoms. The van der Waals surface area contributed by atoms with Gasteiger partial charge in [-0.15, -0.1) is 0 Å². The van der Waals surface area contributed by atoms with Crippen LogP contribution in [-0.4, -0.2) is 227 Å². The molecule has 0 bridgehead atoms. The van der Waals surface area contributed by atoms with Gasteiger partial charge in [0.05, 0.1) is 25.6 Å². The van der Waals surface area contributed by atoms with Gasteiger partial charge in [0, 0.05) is 60.7 Å². The molecule has 3 saturated heterocycles. The van der Waals surface area contributed by atoms with Crippen LogP contribution in [0.25, 0.3) is 0 Å². The number of likely N-dealkylation sites (N-methyl/N-ethyl adjacent to an activating group) is 4. The molecule has 11 atom stereocenters. The van der Waals surface area contributed by atoms with Gasteiger partial charge >= 0.3 is 0 Å². The molecule has 93 heavy (non-hydrogen) atoms. The Morgan fingerprint density at radius 2 is 1.03 bits per heavy atom. The van der Waals surface area contributed by atoms with Crippen molar-refractivity contribution in [3.05, 3.63) is 71.8 Å². The lowest BCUT2D eigenvalue weighted by molar-refractivity contribution is -0.151. The number of aliphatic hydroxyl groups is 1. The minimum atomic E-state index is -1.62. The summed E-state index contributed by atoms with van der Waals surface area (Å²) in [5.74, 6) is -9.59. The van der Waals surface area contributed by atoms with Crippen molar-refractivity contribution in [1.29, 1.82) is 0 Å². The second-order valence-electron chi connectivity index (χ2n) is 26.8. The van der Waals surface area contributed by atoms with E-state index in [2.05, 4.69) is 31.9 Å². The van der Waals surface area contributed by atoms with E-state index in [1.807, 2.05) is 48.5 Å². The van der Waals surface area contributed by atoms with Crippen LogP contribution < -0.4 is 31.9 Å². The number of carbonyl (C=O) groups excluding carboxylic acids is 12. The molecule has 7 N–H and O–H groups in total. The SMILES string of the molecule is CC[C@H](C)[C@H]1C(=O)N(C)[C@@H](CC(C)C)C(=O)N[C@@H]([C@@H](C)O)C(=O)N2CCC[C@H]2C(=O)N[C@@H](Cc2ccccc2)C(=O)N[C@H](C(=O)N2CCCCC2)CC(=O)N(C)CC(=O)N(C)[C@@H](CC(C)C)C(=O)N[C@@H](Cc2ccccc2)C(=O)N[C@@H](CC(C)C)C(=O)NCC(=O)N1C. The second kappa shape index (κ2) is 35.9. The first kappa shape index (κ1) is 75.8. The fourth-order valence-corrected chi connectivity index (χ4v) is 12.2. The maximum Gasteiger partial charge on any atom is 0.248 e. The lowest BCUT2D eigenvalue weighted by Crippen LogP contribution is -2.62. The van der Waals surface area contributed by atoms with E-state index >= 15 is 0 Å². The Kier molecular flexibility index (Phi) is 29.2. The first-order chi connectivity index (χ1) is 43.9. The quantitative estimate of drug-likeness (QED) is 0.142. The summed E-state index contributed by atoms with van der Waals surface area (Å²) in [5, 5.41) is 27.9. The van der Waals surface area contributed by atoms with Gasteiger partial charge in [0.25, 0.3) is 0 Å². The number of piperidine rings is 1. The van der Waals surface area contributed by atoms with Gasteiger partial charge in [-0.2, -0.15) is 0 Å². The van der Waals surface area contributed by atoms with E-state index < -0.39 is 157 Å². The molecule has 0 aromatic heterocycles. The zero-order valence-corrected chi connectivity index (χ0v) is 56.9. The third-order valence-corrected chi connectivity index (χ3v) is 17.8. The zero-order chi connectivity index (χ0) is 69.0. The minimum Gasteiger partial charge on any atom is -0.391 e. The molecular formula is C68H104N12O13. The summed E-state index contributed by atoms with van der Waals surface area (Å²) in [5.41, 5.74) is 1.28. The highest BCUT2D eigenvalue weighted by Gasteiger charge is 2.44. The van der Waals surface area contributed by atoms with Gasteiger partial charge in [-0.25, -0.2) is 0 Å². The highest BCUT2D eigenvalue weighted by Crippen LogP contribution is 2.24. The maximum absolute atomic E-state index is 14.9. The lowest BCUT2D eigenvalue weighted by atomic mass is 9.94. The van der Waals surface area contributed by atoms with Crippen molar-refractivity contribution in [2.24, 2.45) is 23.7 Å². The number of aliphatic hydroxyl groups excluding tert-OH is 1. The van der Waals surface area contributed by atoms with Gasteiger partial charge in [-0.05, 0) is 93.1 Å². The van der Waals surface area contributed by atoms with Gasteiger partial charge in [0.1, 0.15) is 54.4 Å². The molecule has 0 saturated carbocycles. The van der Waals surface area contributed by atoms with Crippen LogP contribution in [0.2, 0.25) is 0 Å². The number of rotatable bonds is 14. The predicted molar refractivity (Wildman–Crippen MR) is 350 cm³/mol. The Labute approximate surface area is 548 Å². The van der Waals surface area contributed by atoms with Crippen LogP contribution in [-0.2, 0) is 70.4 Å². The Morgan fingerprint density at radius 3 is 1.56 bits per heavy atom. The van der Waals surface area contributed by atoms with Crippen LogP contribution in [0.15, 0.2) is 60.7 Å². The summed E-state index contributed by atoms with van der Waals surface area (Å²) >= 11 is 0. The first-order valence-corrected chi connectivity index (χ1v) is 33.1. The number of nitrogens with one attached hydrogen (secondary N) is 6. The molecule has 514 valence electrons. The first-order valence-electron chi connectivity index (χ1n) is 33.1. The van der Waals surface area contributed by atoms with Crippen molar-refractivity contribution in [2.45, 2.75) is 200 Å². The third-order valence-electron chi connectivity index (χ3n) is 17.8. The fourth-order valence-electron chi connectivity index (χ4n) is 12.2. The Morgan fingerprint density at radius 1 is 0.527 bits per heavy atom. The van der Waals surface area contributed by atoms with Crippen LogP contribution in [0, 0.1) is 23.7 Å². The topological polar surface area (TPSA) is 317 Å². The number of hydrogen-bond acceptors (Lipinski definition) is 13. The van der Waals surface area contributed by atoms with E-state index in [1.54, 1.807) is 72.5 Å². The Balaban J connectivity index is 1.60. The summed E-state index contributed by atoms with van der Waals surface area (Å²) < 4.78 is 0. The van der Waals surface area contributed by atoms with Crippen LogP contribution in [0.1, 0.15) is 138 Å². The highest BCUT2D eigenvalue weighted by atomic mass is 16.3. The smallest absolute Gasteiger partial charge is 0.248 e. The van der Waals surface area contributed by atoms with E-state index in [9.17, 15) is 62.6 Å². The third kappa shape index (κ3) is 21.8. The number of hydrogen-bond donors (Lipinski definition) is 7. The molecule has 3 fully saturated rings. The van der Waals surface area contributed by atoms with Crippen molar-refractivity contribution in [3.63, 3.8) is 0 Å². The molecular weight excluding hydrogens is 1190 g/mol. The molecule has 2 aromatic carbocycles. The molecule has 2 aromatic rings. The summed E-state index contributed by atoms with van der Waals surface area (Å²) in [6, 6.07) is 5.80. The van der Waals surface area contributed by atoms with Crippen LogP contribution in [0.3, 0.4) is 0 Å². The largest absolute Gasteiger partial charge is 0.391 e. The lowest BCUT2D eigenvalue weighted by Gasteiger charge is -2.38. The van der Waals surface area contributed by atoms with Crippen LogP contribution in [0.4, 0.5) is 0 Å². The van der Waals surface area contributed by atoms with E-state index in [-0.39, 0.29) is 62.8 Å². The standard InChI is InChI=1S/C68H104N12O13/c1-14-44(8)59-68(93)77(12)54(35-43(6)7)65(90)74-58(45(9)81)67(92)80-32-24-29-52(80)63(88)71-50(37-47-27-20-16-21-28-47)62(87)73-51(66(91)79-30-22-17-23-31-79)38-55(82)75(10)40-57(84)76(11)53(34-42(4)5)64(89)72-49(36-46-25-18-15-19-26-46)61(86)70-48(33-41(2)3)60(85)69-39-56(83)78(59)13/h15-16,18-21,25-28,41-45,48-54,58-59,81H,14,17,22-24,29-40H2,1-13H3,(H,69,85)(H,70,86)(H,71,88)(H,72,89)(H,73,87)(H,74,90)/t44-,45+,48-,49-,50-,51-,52-,53-,54-,58-,59-/m0/s1. The molecule has 0 aliphatic carbocycles. The number of fused-ring (bicyclic) bond motifs is 1. The van der Waals surface area contributed by atoms with Gasteiger partial charge < -0.3 is 66.4 Å². The van der Waals surface area contributed by atoms with Crippen molar-refractivity contribution in [3.8, 4) is 0 Å². The van der Waals surface area contributed by atoms with E-state index in [0.717, 1.165) is 11.3 Å². The summed E-state index contributed by atoms with van der Waals surface area (Å²) in [6.45, 7) is 15.5. The van der Waals surface area contributed by atoms with Crippen molar-refractivity contribution in [1.82, 2.24) is 61.3 Å². The van der Waals surface area contributed by atoms with E-state index in [1.165, 1.54) is 54.7 Å². The number of nitrogens with zero attached hydrogens (tertiary/aromatic N) is 6. The van der Waals surface area contributed by atoms with Crippen LogP contribution >= 0.6 is 0 Å². The van der Waals surface area contributed by atoms with Crippen molar-refractivity contribution < 1.29 is 62.6 Å². The Bertz CT molecular complexity index is 2910. The fraction of sp³-hybridized carbons (Fsp3) is 0.647. The summed E-state index contributed by atoms with van der Waals surface area (Å²) in [6.07, 6.45) is 1.15. The number of benzene rings is 2. The van der Waals surface area contributed by atoms with Gasteiger partial charge in [-0.3, -0.25) is 57.5 Å². The molecule has 0 spiro atoms. The average molecular weight is 1300 g/mol. The number of carbonyl (C=O) groups is 12. The molecule has 25 nitrogen and oxygen atoms in total. The van der Waals surface area contributed by atoms with Crippen molar-refractivity contribution in [2.75, 3.05) is 60.9 Å². The average Bonchev–Trinajstić information content (AvgIpc) is 2.29. The summed E-state index contributed by atoms with van der Waals surface area (Å²) in [4.78, 5) is 183. The van der Waals surface area contributed by atoms with Gasteiger partial charge in [0.15, 0.2) is 0 Å². The minimum absolute atomic E-state index is 0.0327. The molecule has 5 rings (SSSR count). The van der Waals surface area contributed by atoms with E-state index in [4.69, 9.17) is 0 Å².